The molecule has 35 heavy (non-hydrogen) atoms. The molecule has 9 nitrogen and oxygen atoms in total. The Balaban J connectivity index is 1.70. The summed E-state index contributed by atoms with van der Waals surface area (Å²) < 4.78 is 37.7. The van der Waals surface area contributed by atoms with Crippen molar-refractivity contribution < 1.29 is 27.5 Å². The van der Waals surface area contributed by atoms with E-state index in [0.29, 0.717) is 49.7 Å². The van der Waals surface area contributed by atoms with Gasteiger partial charge in [-0.15, -0.1) is 0 Å². The summed E-state index contributed by atoms with van der Waals surface area (Å²) in [6.07, 6.45) is 0.659. The normalized spacial score (nSPS) is 18.7. The summed E-state index contributed by atoms with van der Waals surface area (Å²) in [5.74, 6) is -0.140. The number of carbonyl (C=O) groups is 2. The van der Waals surface area contributed by atoms with E-state index in [9.17, 15) is 18.0 Å². The molecule has 2 aliphatic rings. The molecule has 1 fully saturated rings. The van der Waals surface area contributed by atoms with Crippen molar-refractivity contribution >= 4 is 39.1 Å². The molecular formula is C25H31N3O6S. The number of nitrogens with zero attached hydrogens (tertiary/aromatic N) is 2. The van der Waals surface area contributed by atoms with E-state index in [1.165, 1.54) is 6.92 Å². The molecule has 0 spiro atoms. The fraction of sp³-hybridized carbons (Fsp3) is 0.440. The van der Waals surface area contributed by atoms with Crippen LogP contribution in [0.1, 0.15) is 33.6 Å². The third-order valence-electron chi connectivity index (χ3n) is 6.26. The molecular weight excluding hydrogens is 470 g/mol. The van der Waals surface area contributed by atoms with E-state index in [0.717, 1.165) is 11.1 Å². The van der Waals surface area contributed by atoms with E-state index in [-0.39, 0.29) is 23.8 Å². The highest BCUT2D eigenvalue weighted by Gasteiger charge is 2.35. The van der Waals surface area contributed by atoms with Gasteiger partial charge in [0.2, 0.25) is 15.9 Å². The summed E-state index contributed by atoms with van der Waals surface area (Å²) in [5.41, 5.74) is 3.22. The zero-order valence-corrected chi connectivity index (χ0v) is 21.0. The second-order valence-electron chi connectivity index (χ2n) is 8.83. The standard InChI is InChI=1S/C25H31N3O6S/c1-4-35(31,32)26-21-7-5-6-19(14-21)20-8-9-23-24(15-20)27(16-17(2)28(23)18(3)29)25(30)34-22-10-12-33-13-11-22/h5-9,14-15,17,22,26H,4,10-13,16H2,1-3H3. The van der Waals surface area contributed by atoms with E-state index >= 15 is 0 Å². The smallest absolute Gasteiger partial charge is 0.414 e. The number of benzene rings is 2. The molecule has 188 valence electrons. The Hall–Kier alpha value is -3.11. The lowest BCUT2D eigenvalue weighted by molar-refractivity contribution is -0.117. The van der Waals surface area contributed by atoms with E-state index in [4.69, 9.17) is 9.47 Å². The minimum Gasteiger partial charge on any atom is -0.446 e. The maximum atomic E-state index is 13.2. The number of hydrogen-bond acceptors (Lipinski definition) is 6. The Morgan fingerprint density at radius 1 is 1.09 bits per heavy atom. The fourth-order valence-corrected chi connectivity index (χ4v) is 5.10. The van der Waals surface area contributed by atoms with Crippen LogP contribution >= 0.6 is 0 Å². The number of anilines is 3. The third kappa shape index (κ3) is 5.59. The SMILES string of the molecule is CCS(=O)(=O)Nc1cccc(-c2ccc3c(c2)N(C(=O)OC2CCOCC2)CC(C)N3C(C)=O)c1. The van der Waals surface area contributed by atoms with Crippen LogP contribution in [0.15, 0.2) is 42.5 Å². The number of nitrogens with one attached hydrogen (secondary N) is 1. The van der Waals surface area contributed by atoms with Crippen LogP contribution in [-0.2, 0) is 24.3 Å². The number of ether oxygens (including phenoxy) is 2. The molecule has 2 aromatic carbocycles. The lowest BCUT2D eigenvalue weighted by atomic mass is 10.0. The van der Waals surface area contributed by atoms with Gasteiger partial charge in [-0.1, -0.05) is 18.2 Å². The summed E-state index contributed by atoms with van der Waals surface area (Å²) in [4.78, 5) is 28.9. The third-order valence-corrected chi connectivity index (χ3v) is 7.56. The van der Waals surface area contributed by atoms with Crippen LogP contribution in [-0.4, -0.2) is 58.1 Å². The van der Waals surface area contributed by atoms with Crippen molar-refractivity contribution in [3.05, 3.63) is 42.5 Å². The van der Waals surface area contributed by atoms with Crippen molar-refractivity contribution in [3.8, 4) is 11.1 Å². The van der Waals surface area contributed by atoms with Crippen LogP contribution < -0.4 is 14.5 Å². The topological polar surface area (TPSA) is 105 Å². The number of hydrogen-bond donors (Lipinski definition) is 1. The Kier molecular flexibility index (Phi) is 7.32. The molecule has 2 aromatic rings. The van der Waals surface area contributed by atoms with Gasteiger partial charge in [0.1, 0.15) is 6.10 Å². The molecule has 1 atom stereocenters. The molecule has 10 heteroatoms. The highest BCUT2D eigenvalue weighted by atomic mass is 32.2. The van der Waals surface area contributed by atoms with Crippen molar-refractivity contribution in [3.63, 3.8) is 0 Å². The quantitative estimate of drug-likeness (QED) is 0.664. The van der Waals surface area contributed by atoms with Gasteiger partial charge in [0.25, 0.3) is 0 Å². The van der Waals surface area contributed by atoms with Crippen molar-refractivity contribution in [1.82, 2.24) is 0 Å². The molecule has 1 N–H and O–H groups in total. The first kappa shape index (κ1) is 25.0. The van der Waals surface area contributed by atoms with Gasteiger partial charge in [0.15, 0.2) is 0 Å². The zero-order chi connectivity index (χ0) is 25.2. The molecule has 0 bridgehead atoms. The summed E-state index contributed by atoms with van der Waals surface area (Å²) >= 11 is 0. The van der Waals surface area contributed by atoms with Gasteiger partial charge >= 0.3 is 6.09 Å². The maximum absolute atomic E-state index is 13.2. The highest BCUT2D eigenvalue weighted by molar-refractivity contribution is 7.92. The van der Waals surface area contributed by atoms with Gasteiger partial charge in [-0.2, -0.15) is 0 Å². The number of amides is 2. The predicted octanol–water partition coefficient (Wildman–Crippen LogP) is 3.99. The first-order valence-corrected chi connectivity index (χ1v) is 13.4. The second kappa shape index (κ2) is 10.2. The van der Waals surface area contributed by atoms with E-state index in [2.05, 4.69) is 4.72 Å². The Morgan fingerprint density at radius 3 is 2.49 bits per heavy atom. The monoisotopic (exact) mass is 501 g/mol. The first-order chi connectivity index (χ1) is 16.7. The van der Waals surface area contributed by atoms with Gasteiger partial charge in [-0.3, -0.25) is 14.4 Å². The van der Waals surface area contributed by atoms with Crippen LogP contribution in [0.5, 0.6) is 0 Å². The van der Waals surface area contributed by atoms with Crippen LogP contribution in [0, 0.1) is 0 Å². The highest BCUT2D eigenvalue weighted by Crippen LogP contribution is 2.39. The van der Waals surface area contributed by atoms with Gasteiger partial charge in [-0.25, -0.2) is 13.2 Å². The van der Waals surface area contributed by atoms with Gasteiger partial charge in [0, 0.05) is 32.0 Å². The number of rotatable bonds is 5. The molecule has 2 heterocycles. The molecule has 2 aliphatic heterocycles. The van der Waals surface area contributed by atoms with Crippen molar-refractivity contribution in [2.75, 3.05) is 40.0 Å². The van der Waals surface area contributed by atoms with Crippen molar-refractivity contribution in [1.29, 1.82) is 0 Å². The summed E-state index contributed by atoms with van der Waals surface area (Å²) in [6.45, 7) is 6.40. The summed E-state index contributed by atoms with van der Waals surface area (Å²) in [6, 6.07) is 12.4. The molecule has 0 aliphatic carbocycles. The van der Waals surface area contributed by atoms with Crippen molar-refractivity contribution in [2.24, 2.45) is 0 Å². The fourth-order valence-electron chi connectivity index (χ4n) is 4.47. The second-order valence-corrected chi connectivity index (χ2v) is 10.8. The largest absolute Gasteiger partial charge is 0.446 e. The Labute approximate surface area is 206 Å². The van der Waals surface area contributed by atoms with Crippen LogP contribution in [0.3, 0.4) is 0 Å². The minimum atomic E-state index is -3.42. The van der Waals surface area contributed by atoms with Crippen LogP contribution in [0.4, 0.5) is 21.9 Å². The van der Waals surface area contributed by atoms with E-state index in [1.807, 2.05) is 31.2 Å². The van der Waals surface area contributed by atoms with Crippen LogP contribution in [0.25, 0.3) is 11.1 Å². The lowest BCUT2D eigenvalue weighted by Crippen LogP contribution is -2.52. The minimum absolute atomic E-state index is 0.0284. The van der Waals surface area contributed by atoms with Gasteiger partial charge in [0.05, 0.1) is 36.4 Å². The number of carbonyl (C=O) groups excluding carboxylic acids is 2. The molecule has 2 amide bonds. The molecule has 0 radical (unpaired) electrons. The maximum Gasteiger partial charge on any atom is 0.414 e. The number of fused-ring (bicyclic) bond motifs is 1. The number of sulfonamides is 1. The predicted molar refractivity (Wildman–Crippen MR) is 135 cm³/mol. The molecule has 0 aromatic heterocycles. The summed E-state index contributed by atoms with van der Waals surface area (Å²) in [7, 11) is -3.42. The Bertz CT molecular complexity index is 1210. The molecule has 0 saturated carbocycles. The molecule has 1 saturated heterocycles. The van der Waals surface area contributed by atoms with E-state index in [1.54, 1.807) is 34.9 Å². The average molecular weight is 502 g/mol. The Morgan fingerprint density at radius 2 is 1.80 bits per heavy atom. The molecule has 1 unspecified atom stereocenters. The van der Waals surface area contributed by atoms with Crippen LogP contribution in [0.2, 0.25) is 0 Å². The van der Waals surface area contributed by atoms with Crippen molar-refractivity contribution in [2.45, 2.75) is 45.8 Å². The molecule has 4 rings (SSSR count). The van der Waals surface area contributed by atoms with Gasteiger partial charge in [-0.05, 0) is 49.2 Å². The average Bonchev–Trinajstić information content (AvgIpc) is 2.83. The van der Waals surface area contributed by atoms with E-state index < -0.39 is 16.1 Å². The lowest BCUT2D eigenvalue weighted by Gasteiger charge is -2.41. The summed E-state index contributed by atoms with van der Waals surface area (Å²) in [5, 5.41) is 0. The first-order valence-electron chi connectivity index (χ1n) is 11.8. The zero-order valence-electron chi connectivity index (χ0n) is 20.2. The van der Waals surface area contributed by atoms with Gasteiger partial charge < -0.3 is 14.4 Å².